The van der Waals surface area contributed by atoms with Crippen LogP contribution in [0.1, 0.15) is 46.6 Å². The number of hydrogen-bond acceptors (Lipinski definition) is 2. The second-order valence-electron chi connectivity index (χ2n) is 8.87. The molecule has 4 heteroatoms. The first-order valence-electron chi connectivity index (χ1n) is 9.68. The minimum atomic E-state index is -0.0267. The molecule has 2 amide bonds. The second-order valence-corrected chi connectivity index (χ2v) is 8.87. The van der Waals surface area contributed by atoms with Gasteiger partial charge in [0, 0.05) is 36.9 Å². The van der Waals surface area contributed by atoms with E-state index in [0.717, 1.165) is 37.0 Å². The van der Waals surface area contributed by atoms with Crippen molar-refractivity contribution in [1.29, 1.82) is 0 Å². The van der Waals surface area contributed by atoms with Crippen molar-refractivity contribution in [3.63, 3.8) is 0 Å². The first-order valence-corrected chi connectivity index (χ1v) is 9.68. The van der Waals surface area contributed by atoms with E-state index in [1.807, 2.05) is 11.0 Å². The van der Waals surface area contributed by atoms with Crippen molar-refractivity contribution in [3.05, 3.63) is 29.8 Å². The lowest BCUT2D eigenvalue weighted by Crippen LogP contribution is -2.57. The van der Waals surface area contributed by atoms with E-state index in [0.29, 0.717) is 6.54 Å². The van der Waals surface area contributed by atoms with Gasteiger partial charge in [0.25, 0.3) is 0 Å². The molecule has 1 aromatic rings. The Morgan fingerprint density at radius 3 is 2.48 bits per heavy atom. The molecule has 4 nitrogen and oxygen atoms in total. The average molecular weight is 344 g/mol. The van der Waals surface area contributed by atoms with E-state index in [9.17, 15) is 4.79 Å². The number of anilines is 1. The molecular weight excluding hydrogens is 310 g/mol. The first-order chi connectivity index (χ1) is 11.8. The Morgan fingerprint density at radius 2 is 1.80 bits per heavy atom. The van der Waals surface area contributed by atoms with Crippen molar-refractivity contribution in [2.45, 2.75) is 59.0 Å². The molecule has 0 saturated carbocycles. The van der Waals surface area contributed by atoms with Gasteiger partial charge < -0.3 is 5.32 Å². The molecular formula is C21H33N3O. The highest BCUT2D eigenvalue weighted by molar-refractivity contribution is 5.95. The predicted molar refractivity (Wildman–Crippen MR) is 104 cm³/mol. The Morgan fingerprint density at radius 1 is 1.16 bits per heavy atom. The van der Waals surface area contributed by atoms with Crippen molar-refractivity contribution in [1.82, 2.24) is 10.2 Å². The van der Waals surface area contributed by atoms with Gasteiger partial charge in [-0.3, -0.25) is 9.80 Å². The third kappa shape index (κ3) is 3.84. The topological polar surface area (TPSA) is 35.6 Å². The Labute approximate surface area is 152 Å². The maximum Gasteiger partial charge on any atom is 0.322 e. The van der Waals surface area contributed by atoms with Crippen molar-refractivity contribution < 1.29 is 4.79 Å². The Kier molecular flexibility index (Phi) is 5.10. The summed E-state index contributed by atoms with van der Waals surface area (Å²) in [5.41, 5.74) is 2.30. The van der Waals surface area contributed by atoms with Crippen LogP contribution in [-0.2, 0) is 6.42 Å². The molecule has 1 fully saturated rings. The molecule has 2 aliphatic rings. The van der Waals surface area contributed by atoms with Gasteiger partial charge in [0.05, 0.1) is 0 Å². The molecule has 0 spiro atoms. The van der Waals surface area contributed by atoms with Crippen LogP contribution in [0.4, 0.5) is 10.5 Å². The fraction of sp³-hybridized carbons (Fsp3) is 0.667. The van der Waals surface area contributed by atoms with Crippen molar-refractivity contribution in [2.75, 3.05) is 24.5 Å². The minimum Gasteiger partial charge on any atom is -0.336 e. The summed E-state index contributed by atoms with van der Waals surface area (Å²) in [6.07, 6.45) is 2.25. The van der Waals surface area contributed by atoms with Crippen LogP contribution in [0.3, 0.4) is 0 Å². The Bertz CT molecular complexity index is 617. The van der Waals surface area contributed by atoms with E-state index in [1.54, 1.807) is 0 Å². The van der Waals surface area contributed by atoms with Crippen molar-refractivity contribution >= 4 is 11.7 Å². The zero-order chi connectivity index (χ0) is 18.2. The number of hydrogen-bond donors (Lipinski definition) is 1. The second kappa shape index (κ2) is 6.99. The summed E-state index contributed by atoms with van der Waals surface area (Å²) >= 11 is 0. The van der Waals surface area contributed by atoms with E-state index in [1.165, 1.54) is 12.0 Å². The number of piperidine rings is 1. The number of nitrogens with one attached hydrogen (secondary N) is 1. The summed E-state index contributed by atoms with van der Waals surface area (Å²) in [4.78, 5) is 17.3. The molecule has 0 aliphatic carbocycles. The van der Waals surface area contributed by atoms with Crippen LogP contribution < -0.4 is 10.2 Å². The summed E-state index contributed by atoms with van der Waals surface area (Å²) < 4.78 is 0. The number of carbonyl (C=O) groups is 1. The molecule has 1 N–H and O–H groups in total. The first kappa shape index (κ1) is 18.2. The molecule has 0 bridgehead atoms. The number of amides is 2. The Balaban J connectivity index is 1.64. The van der Waals surface area contributed by atoms with Crippen LogP contribution in [0, 0.1) is 11.8 Å². The molecule has 1 aromatic carbocycles. The van der Waals surface area contributed by atoms with Gasteiger partial charge in [-0.05, 0) is 57.1 Å². The lowest BCUT2D eigenvalue weighted by atomic mass is 9.88. The molecule has 2 heterocycles. The fourth-order valence-electron chi connectivity index (χ4n) is 4.52. The highest BCUT2D eigenvalue weighted by Crippen LogP contribution is 2.32. The molecule has 3 unspecified atom stereocenters. The summed E-state index contributed by atoms with van der Waals surface area (Å²) in [7, 11) is 0. The maximum atomic E-state index is 12.9. The molecule has 1 saturated heterocycles. The zero-order valence-electron chi connectivity index (χ0n) is 16.4. The van der Waals surface area contributed by atoms with Gasteiger partial charge in [-0.15, -0.1) is 0 Å². The number of nitrogens with zero attached hydrogens (tertiary/aromatic N) is 2. The zero-order valence-corrected chi connectivity index (χ0v) is 16.4. The van der Waals surface area contributed by atoms with Gasteiger partial charge >= 0.3 is 6.03 Å². The van der Waals surface area contributed by atoms with Gasteiger partial charge in [-0.2, -0.15) is 0 Å². The van der Waals surface area contributed by atoms with Crippen molar-refractivity contribution in [2.24, 2.45) is 11.8 Å². The largest absolute Gasteiger partial charge is 0.336 e. The van der Waals surface area contributed by atoms with Crippen molar-refractivity contribution in [3.8, 4) is 0 Å². The smallest absolute Gasteiger partial charge is 0.322 e. The number of rotatable bonds is 3. The van der Waals surface area contributed by atoms with Crippen LogP contribution in [0.25, 0.3) is 0 Å². The number of para-hydroxylation sites is 1. The van der Waals surface area contributed by atoms with Crippen LogP contribution in [0.2, 0.25) is 0 Å². The number of urea groups is 1. The lowest BCUT2D eigenvalue weighted by molar-refractivity contribution is 0.0474. The van der Waals surface area contributed by atoms with E-state index < -0.39 is 0 Å². The third-order valence-electron chi connectivity index (χ3n) is 5.82. The van der Waals surface area contributed by atoms with Crippen LogP contribution >= 0.6 is 0 Å². The summed E-state index contributed by atoms with van der Waals surface area (Å²) in [5.74, 6) is 1.45. The molecule has 25 heavy (non-hydrogen) atoms. The molecule has 0 aromatic heterocycles. The van der Waals surface area contributed by atoms with Gasteiger partial charge in [-0.1, -0.05) is 32.0 Å². The monoisotopic (exact) mass is 343 g/mol. The number of benzene rings is 1. The molecule has 2 aliphatic heterocycles. The SMILES string of the molecule is CC1CC(C)CN(C(C)(C)CNC(=O)N2c3ccccc3CC2C)C1. The van der Waals surface area contributed by atoms with Crippen LogP contribution in [-0.4, -0.2) is 42.1 Å². The Hall–Kier alpha value is -1.55. The molecule has 3 rings (SSSR count). The molecule has 138 valence electrons. The number of carbonyl (C=O) groups excluding carboxylic acids is 1. The summed E-state index contributed by atoms with van der Waals surface area (Å²) in [6.45, 7) is 14.2. The van der Waals surface area contributed by atoms with Gasteiger partial charge in [-0.25, -0.2) is 4.79 Å². The van der Waals surface area contributed by atoms with Gasteiger partial charge in [0.1, 0.15) is 0 Å². The normalized spacial score (nSPS) is 27.2. The van der Waals surface area contributed by atoms with Gasteiger partial charge in [0.15, 0.2) is 0 Å². The summed E-state index contributed by atoms with van der Waals surface area (Å²) in [5, 5.41) is 3.21. The quantitative estimate of drug-likeness (QED) is 0.903. The standard InChI is InChI=1S/C21H33N3O/c1-15-10-16(2)13-23(12-15)21(4,5)14-22-20(25)24-17(3)11-18-8-6-7-9-19(18)24/h6-9,15-17H,10-14H2,1-5H3,(H,22,25). The fourth-order valence-corrected chi connectivity index (χ4v) is 4.52. The van der Waals surface area contributed by atoms with Crippen LogP contribution in [0.15, 0.2) is 24.3 Å². The predicted octanol–water partition coefficient (Wildman–Crippen LogP) is 3.90. The minimum absolute atomic E-state index is 0.0267. The van der Waals surface area contributed by atoms with Gasteiger partial charge in [0.2, 0.25) is 0 Å². The summed E-state index contributed by atoms with van der Waals surface area (Å²) in [6, 6.07) is 8.49. The maximum absolute atomic E-state index is 12.9. The molecule has 3 atom stereocenters. The number of fused-ring (bicyclic) bond motifs is 1. The van der Waals surface area contributed by atoms with E-state index in [-0.39, 0.29) is 17.6 Å². The lowest BCUT2D eigenvalue weighted by Gasteiger charge is -2.45. The van der Waals surface area contributed by atoms with E-state index in [4.69, 9.17) is 0 Å². The highest BCUT2D eigenvalue weighted by Gasteiger charge is 2.35. The third-order valence-corrected chi connectivity index (χ3v) is 5.82. The van der Waals surface area contributed by atoms with Crippen LogP contribution in [0.5, 0.6) is 0 Å². The highest BCUT2D eigenvalue weighted by atomic mass is 16.2. The van der Waals surface area contributed by atoms with E-state index >= 15 is 0 Å². The number of likely N-dealkylation sites (tertiary alicyclic amines) is 1. The average Bonchev–Trinajstić information content (AvgIpc) is 2.87. The molecule has 0 radical (unpaired) electrons. The van der Waals surface area contributed by atoms with E-state index in [2.05, 4.69) is 63.0 Å².